The number of aromatic nitrogens is 5. The summed E-state index contributed by atoms with van der Waals surface area (Å²) >= 11 is 0. The van der Waals surface area contributed by atoms with Gasteiger partial charge in [0.1, 0.15) is 24.4 Å². The van der Waals surface area contributed by atoms with E-state index in [0.29, 0.717) is 34.5 Å². The highest BCUT2D eigenvalue weighted by Crippen LogP contribution is 2.48. The lowest BCUT2D eigenvalue weighted by Gasteiger charge is -2.36. The highest BCUT2D eigenvalue weighted by molar-refractivity contribution is 5.94. The van der Waals surface area contributed by atoms with Gasteiger partial charge in [-0.15, -0.1) is 0 Å². The number of carbonyl (C=O) groups excluding carboxylic acids is 1. The van der Waals surface area contributed by atoms with Gasteiger partial charge in [-0.3, -0.25) is 14.3 Å². The van der Waals surface area contributed by atoms with Gasteiger partial charge in [0, 0.05) is 17.8 Å². The number of halogens is 3. The molecule has 12 heteroatoms. The molecule has 1 aliphatic carbocycles. The van der Waals surface area contributed by atoms with Crippen molar-refractivity contribution in [3.05, 3.63) is 95.1 Å². The van der Waals surface area contributed by atoms with Gasteiger partial charge >= 0.3 is 5.97 Å². The van der Waals surface area contributed by atoms with Crippen LogP contribution in [0.5, 0.6) is 0 Å². The molecular weight excluding hydrogens is 573 g/mol. The molecule has 5 aromatic rings. The maximum atomic E-state index is 15.4. The normalized spacial score (nSPS) is 21.0. The Kier molecular flexibility index (Phi) is 6.71. The molecule has 1 amide bonds. The van der Waals surface area contributed by atoms with Crippen LogP contribution < -0.4 is 0 Å². The number of fused-ring (bicyclic) bond motifs is 2. The van der Waals surface area contributed by atoms with Gasteiger partial charge in [-0.1, -0.05) is 30.3 Å². The van der Waals surface area contributed by atoms with E-state index in [4.69, 9.17) is 0 Å². The number of carboxylic acid groups (broad SMARTS) is 1. The summed E-state index contributed by atoms with van der Waals surface area (Å²) in [5, 5.41) is 18.1. The van der Waals surface area contributed by atoms with E-state index in [2.05, 4.69) is 15.2 Å². The van der Waals surface area contributed by atoms with Gasteiger partial charge in [-0.25, -0.2) is 22.7 Å². The Bertz CT molecular complexity index is 1940. The van der Waals surface area contributed by atoms with Crippen molar-refractivity contribution in [2.24, 2.45) is 5.92 Å². The predicted octanol–water partition coefficient (Wildman–Crippen LogP) is 5.78. The summed E-state index contributed by atoms with van der Waals surface area (Å²) in [7, 11) is 0. The van der Waals surface area contributed by atoms with E-state index < -0.39 is 42.5 Å². The molecule has 4 atom stereocenters. The van der Waals surface area contributed by atoms with Crippen LogP contribution in [-0.4, -0.2) is 59.5 Å². The Hall–Kier alpha value is -5.00. The Morgan fingerprint density at radius 3 is 2.57 bits per heavy atom. The number of carboxylic acids is 1. The van der Waals surface area contributed by atoms with Crippen molar-refractivity contribution < 1.29 is 27.9 Å². The zero-order chi connectivity index (χ0) is 30.7. The number of rotatable bonds is 7. The summed E-state index contributed by atoms with van der Waals surface area (Å²) in [5.41, 5.74) is 3.36. The fraction of sp³-hybridized carbons (Fsp3) is 0.281. The number of carbonyl (C=O) groups is 2. The summed E-state index contributed by atoms with van der Waals surface area (Å²) < 4.78 is 46.9. The third kappa shape index (κ3) is 4.61. The third-order valence-corrected chi connectivity index (χ3v) is 8.60. The number of benzene rings is 2. The first kappa shape index (κ1) is 27.8. The van der Waals surface area contributed by atoms with E-state index in [1.807, 2.05) is 6.92 Å². The van der Waals surface area contributed by atoms with Crippen molar-refractivity contribution >= 4 is 17.5 Å². The van der Waals surface area contributed by atoms with Crippen molar-refractivity contribution in [1.29, 1.82) is 0 Å². The molecule has 2 aliphatic rings. The summed E-state index contributed by atoms with van der Waals surface area (Å²) in [6.45, 7) is 0.970. The number of nitrogens with zero attached hydrogens (tertiary/aromatic N) is 6. The van der Waals surface area contributed by atoms with Crippen LogP contribution in [0.2, 0.25) is 0 Å². The quantitative estimate of drug-likeness (QED) is 0.254. The van der Waals surface area contributed by atoms with Gasteiger partial charge in [-0.05, 0) is 60.2 Å². The Labute approximate surface area is 249 Å². The van der Waals surface area contributed by atoms with Crippen molar-refractivity contribution in [1.82, 2.24) is 29.3 Å². The maximum Gasteiger partial charge on any atom is 0.307 e. The molecule has 0 spiro atoms. The van der Waals surface area contributed by atoms with Crippen LogP contribution in [0.25, 0.3) is 28.3 Å². The van der Waals surface area contributed by atoms with Crippen LogP contribution >= 0.6 is 0 Å². The molecule has 4 heterocycles. The van der Waals surface area contributed by atoms with E-state index >= 15 is 8.78 Å². The second kappa shape index (κ2) is 10.6. The molecule has 1 fully saturated rings. The molecule has 44 heavy (non-hydrogen) atoms. The van der Waals surface area contributed by atoms with Crippen LogP contribution in [0.4, 0.5) is 13.2 Å². The number of hydrogen-bond acceptors (Lipinski definition) is 5. The number of aryl methyl sites for hydroxylation is 1. The first-order chi connectivity index (χ1) is 21.2. The first-order valence-corrected chi connectivity index (χ1v) is 14.3. The average molecular weight is 601 g/mol. The van der Waals surface area contributed by atoms with Crippen molar-refractivity contribution in [2.45, 2.75) is 38.0 Å². The van der Waals surface area contributed by atoms with E-state index in [0.717, 1.165) is 0 Å². The lowest BCUT2D eigenvalue weighted by Crippen LogP contribution is -2.40. The van der Waals surface area contributed by atoms with Crippen molar-refractivity contribution in [3.8, 4) is 22.6 Å². The average Bonchev–Trinajstić information content (AvgIpc) is 3.51. The van der Waals surface area contributed by atoms with Gasteiger partial charge in [0.25, 0.3) is 5.91 Å². The lowest BCUT2D eigenvalue weighted by molar-refractivity contribution is -0.138. The molecule has 0 saturated heterocycles. The highest BCUT2D eigenvalue weighted by atomic mass is 19.1. The molecule has 1 unspecified atom stereocenters. The number of amides is 1. The second-order valence-electron chi connectivity index (χ2n) is 11.2. The van der Waals surface area contributed by atoms with Gasteiger partial charge < -0.3 is 10.0 Å². The SMILES string of the molecule is C[C@@H]1c2ccccc2C(F)CN1C(=O)c1cc(-c2ccnn2CCF)n2nc(-c3ccc([C@H]4C[C@@H]4C(=O)O)cc3F)cc2n1. The van der Waals surface area contributed by atoms with Crippen LogP contribution in [-0.2, 0) is 11.3 Å². The van der Waals surface area contributed by atoms with E-state index in [1.54, 1.807) is 42.5 Å². The van der Waals surface area contributed by atoms with Gasteiger partial charge in [0.05, 0.1) is 42.1 Å². The molecule has 9 nitrogen and oxygen atoms in total. The fourth-order valence-electron chi connectivity index (χ4n) is 6.19. The number of alkyl halides is 2. The van der Waals surface area contributed by atoms with Crippen LogP contribution in [0.15, 0.2) is 66.9 Å². The summed E-state index contributed by atoms with van der Waals surface area (Å²) in [6, 6.07) is 16.0. The minimum Gasteiger partial charge on any atom is -0.481 e. The lowest BCUT2D eigenvalue weighted by atomic mass is 9.92. The van der Waals surface area contributed by atoms with Crippen LogP contribution in [0, 0.1) is 11.7 Å². The van der Waals surface area contributed by atoms with Crippen LogP contribution in [0.1, 0.15) is 58.7 Å². The second-order valence-corrected chi connectivity index (χ2v) is 11.2. The molecule has 1 aliphatic heterocycles. The van der Waals surface area contributed by atoms with E-state index in [9.17, 15) is 19.1 Å². The first-order valence-electron chi connectivity index (χ1n) is 14.3. The minimum absolute atomic E-state index is 0.0228. The van der Waals surface area contributed by atoms with Gasteiger partial charge in [-0.2, -0.15) is 10.2 Å². The summed E-state index contributed by atoms with van der Waals surface area (Å²) in [6.07, 6.45) is 0.597. The minimum atomic E-state index is -1.37. The standard InChI is InChI=1S/C32H27F3N6O3/c1-17-19-4-2-3-5-20(19)25(35)16-39(17)31(42)27-14-29(28-8-10-36-40(28)11-9-33)41-30(37-27)15-26(38-41)21-7-6-18(12-24(21)34)22-13-23(22)32(43)44/h2-8,10,12,14-15,17,22-23,25H,9,11,13,16H2,1H3,(H,43,44)/t17-,22-,23+,25?/m1/s1. The number of hydrogen-bond donors (Lipinski definition) is 1. The molecule has 224 valence electrons. The molecule has 3 aromatic heterocycles. The zero-order valence-corrected chi connectivity index (χ0v) is 23.6. The fourth-order valence-corrected chi connectivity index (χ4v) is 6.19. The van der Waals surface area contributed by atoms with Crippen molar-refractivity contribution in [2.75, 3.05) is 13.2 Å². The van der Waals surface area contributed by atoms with Gasteiger partial charge in [0.2, 0.25) is 0 Å². The largest absolute Gasteiger partial charge is 0.481 e. The molecule has 0 radical (unpaired) electrons. The highest BCUT2D eigenvalue weighted by Gasteiger charge is 2.44. The topological polar surface area (TPSA) is 106 Å². The monoisotopic (exact) mass is 600 g/mol. The smallest absolute Gasteiger partial charge is 0.307 e. The maximum absolute atomic E-state index is 15.4. The molecule has 7 rings (SSSR count). The zero-order valence-electron chi connectivity index (χ0n) is 23.6. The molecular formula is C32H27F3N6O3. The molecule has 1 saturated carbocycles. The van der Waals surface area contributed by atoms with E-state index in [1.165, 1.54) is 38.5 Å². The molecule has 0 bridgehead atoms. The predicted molar refractivity (Wildman–Crippen MR) is 154 cm³/mol. The van der Waals surface area contributed by atoms with E-state index in [-0.39, 0.29) is 41.6 Å². The molecule has 1 N–H and O–H groups in total. The Morgan fingerprint density at radius 1 is 1.05 bits per heavy atom. The Balaban J connectivity index is 1.31. The number of aliphatic carboxylic acids is 1. The Morgan fingerprint density at radius 2 is 1.84 bits per heavy atom. The summed E-state index contributed by atoms with van der Waals surface area (Å²) in [4.78, 5) is 31.2. The summed E-state index contributed by atoms with van der Waals surface area (Å²) in [5.74, 6) is -2.72. The molecule has 2 aromatic carbocycles. The van der Waals surface area contributed by atoms with Crippen molar-refractivity contribution in [3.63, 3.8) is 0 Å². The third-order valence-electron chi connectivity index (χ3n) is 8.60. The van der Waals surface area contributed by atoms with Gasteiger partial charge in [0.15, 0.2) is 5.65 Å². The van der Waals surface area contributed by atoms with Crippen LogP contribution in [0.3, 0.4) is 0 Å².